The normalized spacial score (nSPS) is 17.1. The summed E-state index contributed by atoms with van der Waals surface area (Å²) in [6.07, 6.45) is 2.14. The molecule has 0 aliphatic heterocycles. The first-order valence-corrected chi connectivity index (χ1v) is 10.1. The minimum absolute atomic E-state index is 0.141. The molecule has 1 aliphatic carbocycles. The van der Waals surface area contributed by atoms with Crippen molar-refractivity contribution in [2.24, 2.45) is 4.99 Å². The van der Waals surface area contributed by atoms with Crippen molar-refractivity contribution in [3.05, 3.63) is 29.8 Å². The van der Waals surface area contributed by atoms with Crippen LogP contribution in [0.5, 0.6) is 5.75 Å². The number of ether oxygens (including phenoxy) is 1. The number of likely N-dealkylation sites (N-methyl/N-ethyl adjacent to an activating group) is 1. The summed E-state index contributed by atoms with van der Waals surface area (Å²) < 4.78 is 5.64. The van der Waals surface area contributed by atoms with Crippen LogP contribution in [-0.2, 0) is 0 Å². The fourth-order valence-electron chi connectivity index (χ4n) is 2.89. The molecule has 0 aromatic heterocycles. The van der Waals surface area contributed by atoms with E-state index in [4.69, 9.17) is 4.74 Å². The van der Waals surface area contributed by atoms with Gasteiger partial charge in [-0.3, -0.25) is 9.89 Å². The van der Waals surface area contributed by atoms with Gasteiger partial charge in [-0.1, -0.05) is 12.1 Å². The monoisotopic (exact) mass is 376 g/mol. The predicted molar refractivity (Wildman–Crippen MR) is 111 cm³/mol. The highest BCUT2D eigenvalue weighted by Gasteiger charge is 2.28. The van der Waals surface area contributed by atoms with Gasteiger partial charge in [0, 0.05) is 25.2 Å². The first-order valence-electron chi connectivity index (χ1n) is 10.1. The second-order valence-electron chi connectivity index (χ2n) is 7.60. The van der Waals surface area contributed by atoms with E-state index in [0.29, 0.717) is 12.6 Å². The van der Waals surface area contributed by atoms with Crippen molar-refractivity contribution in [2.45, 2.75) is 64.8 Å². The van der Waals surface area contributed by atoms with Crippen LogP contribution in [-0.4, -0.2) is 60.8 Å². The van der Waals surface area contributed by atoms with Crippen LogP contribution in [0.3, 0.4) is 0 Å². The smallest absolute Gasteiger partial charge is 0.191 e. The molecule has 6 heteroatoms. The number of guanidine groups is 1. The molecule has 1 aromatic carbocycles. The van der Waals surface area contributed by atoms with Gasteiger partial charge in [-0.2, -0.15) is 0 Å². The third-order valence-corrected chi connectivity index (χ3v) is 4.78. The zero-order valence-corrected chi connectivity index (χ0v) is 17.4. The van der Waals surface area contributed by atoms with Gasteiger partial charge in [-0.05, 0) is 65.3 Å². The number of aliphatic hydroxyl groups is 1. The molecule has 0 bridgehead atoms. The van der Waals surface area contributed by atoms with Gasteiger partial charge in [0.15, 0.2) is 5.96 Å². The fourth-order valence-corrected chi connectivity index (χ4v) is 2.89. The average molecular weight is 377 g/mol. The highest BCUT2D eigenvalue weighted by molar-refractivity contribution is 5.79. The van der Waals surface area contributed by atoms with Gasteiger partial charge < -0.3 is 20.5 Å². The van der Waals surface area contributed by atoms with Crippen LogP contribution in [0.2, 0.25) is 0 Å². The molecular formula is C21H36N4O2. The molecule has 1 fully saturated rings. The van der Waals surface area contributed by atoms with E-state index in [-0.39, 0.29) is 6.10 Å². The van der Waals surface area contributed by atoms with Crippen LogP contribution in [0.1, 0.15) is 52.2 Å². The Balaban J connectivity index is 1.85. The Morgan fingerprint density at radius 1 is 1.22 bits per heavy atom. The zero-order valence-electron chi connectivity index (χ0n) is 17.4. The van der Waals surface area contributed by atoms with Crippen molar-refractivity contribution < 1.29 is 9.84 Å². The number of rotatable bonds is 10. The standard InChI is InChI=1S/C21H36N4O2/c1-6-22-21(23-13-16(4)25(5)18-9-10-18)24-14-20(26)17-7-11-19(12-8-17)27-15(2)3/h7-8,11-12,15-16,18,20,26H,6,9-10,13-14H2,1-5H3,(H2,22,23,24). The Kier molecular flexibility index (Phi) is 8.38. The number of hydrogen-bond acceptors (Lipinski definition) is 4. The topological polar surface area (TPSA) is 69.1 Å². The van der Waals surface area contributed by atoms with E-state index in [0.717, 1.165) is 36.4 Å². The minimum atomic E-state index is -0.603. The molecule has 0 spiro atoms. The molecule has 0 heterocycles. The predicted octanol–water partition coefficient (Wildman–Crippen LogP) is 2.55. The van der Waals surface area contributed by atoms with Crippen LogP contribution < -0.4 is 15.4 Å². The van der Waals surface area contributed by atoms with E-state index in [1.807, 2.05) is 45.0 Å². The molecule has 2 unspecified atom stereocenters. The highest BCUT2D eigenvalue weighted by Crippen LogP contribution is 2.26. The summed E-state index contributed by atoms with van der Waals surface area (Å²) in [7, 11) is 2.18. The Morgan fingerprint density at radius 3 is 2.44 bits per heavy atom. The molecule has 3 N–H and O–H groups in total. The van der Waals surface area contributed by atoms with E-state index in [1.165, 1.54) is 12.8 Å². The third-order valence-electron chi connectivity index (χ3n) is 4.78. The van der Waals surface area contributed by atoms with Gasteiger partial charge in [0.25, 0.3) is 0 Å². The van der Waals surface area contributed by atoms with Crippen LogP contribution in [0.25, 0.3) is 0 Å². The molecule has 0 radical (unpaired) electrons. The Labute approximate surface area is 164 Å². The summed E-state index contributed by atoms with van der Waals surface area (Å²) in [6.45, 7) is 10.2. The SMILES string of the molecule is CCNC(=NCC(C)N(C)C1CC1)NCC(O)c1ccc(OC(C)C)cc1. The number of nitrogens with one attached hydrogen (secondary N) is 2. The summed E-state index contributed by atoms with van der Waals surface area (Å²) in [5.41, 5.74) is 0.858. The second kappa shape index (κ2) is 10.5. The number of aliphatic hydroxyl groups excluding tert-OH is 1. The van der Waals surface area contributed by atoms with Gasteiger partial charge in [0.1, 0.15) is 5.75 Å². The molecule has 2 rings (SSSR count). The van der Waals surface area contributed by atoms with Crippen molar-refractivity contribution in [1.29, 1.82) is 0 Å². The molecule has 1 aliphatic rings. The maximum Gasteiger partial charge on any atom is 0.191 e. The second-order valence-corrected chi connectivity index (χ2v) is 7.60. The Morgan fingerprint density at radius 2 is 1.89 bits per heavy atom. The van der Waals surface area contributed by atoms with Crippen molar-refractivity contribution >= 4 is 5.96 Å². The fraction of sp³-hybridized carbons (Fsp3) is 0.667. The zero-order chi connectivity index (χ0) is 19.8. The summed E-state index contributed by atoms with van der Waals surface area (Å²) >= 11 is 0. The van der Waals surface area contributed by atoms with Gasteiger partial charge in [-0.25, -0.2) is 0 Å². The molecule has 152 valence electrons. The van der Waals surface area contributed by atoms with Gasteiger partial charge in [0.2, 0.25) is 0 Å². The lowest BCUT2D eigenvalue weighted by molar-refractivity contribution is 0.180. The lowest BCUT2D eigenvalue weighted by Crippen LogP contribution is -2.41. The van der Waals surface area contributed by atoms with Crippen molar-refractivity contribution in [3.63, 3.8) is 0 Å². The maximum atomic E-state index is 10.5. The summed E-state index contributed by atoms with van der Waals surface area (Å²) in [4.78, 5) is 7.08. The number of aliphatic imine (C=N–C) groups is 1. The highest BCUT2D eigenvalue weighted by atomic mass is 16.5. The maximum absolute atomic E-state index is 10.5. The van der Waals surface area contributed by atoms with Crippen molar-refractivity contribution in [1.82, 2.24) is 15.5 Å². The average Bonchev–Trinajstić information content (AvgIpc) is 3.48. The van der Waals surface area contributed by atoms with E-state index >= 15 is 0 Å². The summed E-state index contributed by atoms with van der Waals surface area (Å²) in [6, 6.07) is 8.74. The van der Waals surface area contributed by atoms with E-state index in [1.54, 1.807) is 0 Å². The molecule has 1 saturated carbocycles. The number of benzene rings is 1. The van der Waals surface area contributed by atoms with E-state index in [9.17, 15) is 5.11 Å². The van der Waals surface area contributed by atoms with Gasteiger partial charge in [0.05, 0.1) is 18.8 Å². The lowest BCUT2D eigenvalue weighted by atomic mass is 10.1. The molecule has 0 saturated heterocycles. The first-order chi connectivity index (χ1) is 12.9. The van der Waals surface area contributed by atoms with Crippen LogP contribution in [0.15, 0.2) is 29.3 Å². The van der Waals surface area contributed by atoms with Crippen molar-refractivity contribution in [2.75, 3.05) is 26.7 Å². The largest absolute Gasteiger partial charge is 0.491 e. The van der Waals surface area contributed by atoms with Gasteiger partial charge in [-0.15, -0.1) is 0 Å². The molecule has 2 atom stereocenters. The molecule has 27 heavy (non-hydrogen) atoms. The van der Waals surface area contributed by atoms with Crippen LogP contribution in [0.4, 0.5) is 0 Å². The quantitative estimate of drug-likeness (QED) is 0.432. The molecule has 6 nitrogen and oxygen atoms in total. The summed E-state index contributed by atoms with van der Waals surface area (Å²) in [5, 5.41) is 17.0. The third kappa shape index (κ3) is 7.39. The lowest BCUT2D eigenvalue weighted by Gasteiger charge is -2.23. The van der Waals surface area contributed by atoms with Gasteiger partial charge >= 0.3 is 0 Å². The Hall–Kier alpha value is -1.79. The molecule has 0 amide bonds. The number of nitrogens with zero attached hydrogens (tertiary/aromatic N) is 2. The van der Waals surface area contributed by atoms with Crippen LogP contribution in [0, 0.1) is 0 Å². The van der Waals surface area contributed by atoms with Crippen LogP contribution >= 0.6 is 0 Å². The van der Waals surface area contributed by atoms with E-state index < -0.39 is 6.10 Å². The first kappa shape index (κ1) is 21.5. The van der Waals surface area contributed by atoms with E-state index in [2.05, 4.69) is 34.5 Å². The molecule has 1 aromatic rings. The minimum Gasteiger partial charge on any atom is -0.491 e. The number of hydrogen-bond donors (Lipinski definition) is 3. The molecular weight excluding hydrogens is 340 g/mol. The van der Waals surface area contributed by atoms with Crippen molar-refractivity contribution in [3.8, 4) is 5.75 Å². The Bertz CT molecular complexity index is 584. The summed E-state index contributed by atoms with van der Waals surface area (Å²) in [5.74, 6) is 1.56.